The van der Waals surface area contributed by atoms with E-state index in [0.29, 0.717) is 17.0 Å². The van der Waals surface area contributed by atoms with E-state index >= 15 is 0 Å². The van der Waals surface area contributed by atoms with Crippen LogP contribution < -0.4 is 15.4 Å². The van der Waals surface area contributed by atoms with E-state index in [4.69, 9.17) is 4.74 Å². The Bertz CT molecular complexity index is 500. The van der Waals surface area contributed by atoms with Crippen molar-refractivity contribution in [2.24, 2.45) is 5.16 Å². The molecule has 0 spiro atoms. The van der Waals surface area contributed by atoms with Gasteiger partial charge in [-0.2, -0.15) is 0 Å². The number of benzene rings is 1. The number of carbonyl (C=O) groups is 2. The van der Waals surface area contributed by atoms with E-state index in [-0.39, 0.29) is 0 Å². The van der Waals surface area contributed by atoms with Crippen LogP contribution in [0.25, 0.3) is 0 Å². The minimum atomic E-state index is -0.655. The summed E-state index contributed by atoms with van der Waals surface area (Å²) in [5, 5.41) is 8.27. The van der Waals surface area contributed by atoms with Gasteiger partial charge in [-0.15, -0.1) is 0 Å². The Kier molecular flexibility index (Phi) is 5.34. The second kappa shape index (κ2) is 7.00. The molecule has 0 aromatic heterocycles. The summed E-state index contributed by atoms with van der Waals surface area (Å²) in [7, 11) is 2.90. The standard InChI is InChI=1S/C12H15N3O4/c1-8(15-19-12(17)14-3)9-5-4-6-10(7-9)18-11(16)13-2/h4-7H,1-3H3,(H,13,16)(H,14,17)/b15-8+. The van der Waals surface area contributed by atoms with Gasteiger partial charge in [0.1, 0.15) is 5.75 Å². The molecule has 0 aliphatic heterocycles. The molecule has 1 aromatic carbocycles. The summed E-state index contributed by atoms with van der Waals surface area (Å²) in [6.07, 6.45) is -1.22. The molecular weight excluding hydrogens is 250 g/mol. The predicted octanol–water partition coefficient (Wildman–Crippen LogP) is 1.48. The van der Waals surface area contributed by atoms with Crippen LogP contribution in [0.1, 0.15) is 12.5 Å². The molecule has 7 heteroatoms. The Labute approximate surface area is 110 Å². The lowest BCUT2D eigenvalue weighted by atomic mass is 10.1. The lowest BCUT2D eigenvalue weighted by Crippen LogP contribution is -2.22. The Balaban J connectivity index is 2.80. The number of carbonyl (C=O) groups excluding carboxylic acids is 2. The van der Waals surface area contributed by atoms with Crippen LogP contribution in [0.15, 0.2) is 29.4 Å². The molecule has 2 amide bonds. The first-order valence-corrected chi connectivity index (χ1v) is 5.50. The second-order valence-corrected chi connectivity index (χ2v) is 3.47. The molecule has 2 N–H and O–H groups in total. The lowest BCUT2D eigenvalue weighted by molar-refractivity contribution is 0.153. The molecule has 1 rings (SSSR count). The van der Waals surface area contributed by atoms with E-state index in [1.165, 1.54) is 14.1 Å². The van der Waals surface area contributed by atoms with Gasteiger partial charge in [0.2, 0.25) is 0 Å². The molecule has 0 saturated heterocycles. The average Bonchev–Trinajstić information content (AvgIpc) is 2.44. The molecule has 1 aromatic rings. The average molecular weight is 265 g/mol. The van der Waals surface area contributed by atoms with Gasteiger partial charge in [-0.1, -0.05) is 17.3 Å². The molecule has 0 bridgehead atoms. The summed E-state index contributed by atoms with van der Waals surface area (Å²) in [4.78, 5) is 26.5. The summed E-state index contributed by atoms with van der Waals surface area (Å²) < 4.78 is 4.98. The molecule has 0 heterocycles. The highest BCUT2D eigenvalue weighted by Crippen LogP contribution is 2.14. The molecule has 0 saturated carbocycles. The van der Waals surface area contributed by atoms with E-state index < -0.39 is 12.2 Å². The highest BCUT2D eigenvalue weighted by Gasteiger charge is 2.05. The predicted molar refractivity (Wildman–Crippen MR) is 69.3 cm³/mol. The first-order valence-electron chi connectivity index (χ1n) is 5.50. The molecule has 7 nitrogen and oxygen atoms in total. The van der Waals surface area contributed by atoms with Gasteiger partial charge < -0.3 is 15.4 Å². The van der Waals surface area contributed by atoms with Crippen LogP contribution in [0, 0.1) is 0 Å². The zero-order chi connectivity index (χ0) is 14.3. The molecule has 0 aliphatic rings. The number of rotatable bonds is 3. The number of ether oxygens (including phenoxy) is 1. The first kappa shape index (κ1) is 14.5. The molecule has 102 valence electrons. The van der Waals surface area contributed by atoms with Gasteiger partial charge in [0.05, 0.1) is 5.71 Å². The zero-order valence-electron chi connectivity index (χ0n) is 10.9. The zero-order valence-corrected chi connectivity index (χ0v) is 10.9. The van der Waals surface area contributed by atoms with Gasteiger partial charge >= 0.3 is 12.2 Å². The van der Waals surface area contributed by atoms with Gasteiger partial charge in [-0.25, -0.2) is 9.59 Å². The van der Waals surface area contributed by atoms with E-state index in [9.17, 15) is 9.59 Å². The molecule has 0 radical (unpaired) electrons. The van der Waals surface area contributed by atoms with Crippen molar-refractivity contribution < 1.29 is 19.2 Å². The van der Waals surface area contributed by atoms with E-state index in [1.807, 2.05) is 0 Å². The number of nitrogens with one attached hydrogen (secondary N) is 2. The Morgan fingerprint density at radius 1 is 1.16 bits per heavy atom. The van der Waals surface area contributed by atoms with Crippen LogP contribution >= 0.6 is 0 Å². The van der Waals surface area contributed by atoms with Crippen molar-refractivity contribution in [1.82, 2.24) is 10.6 Å². The molecule has 0 atom stereocenters. The van der Waals surface area contributed by atoms with Crippen LogP contribution in [-0.2, 0) is 4.84 Å². The summed E-state index contributed by atoms with van der Waals surface area (Å²) in [5.41, 5.74) is 1.15. The third kappa shape index (κ3) is 4.66. The maximum absolute atomic E-state index is 11.1. The fraction of sp³-hybridized carbons (Fsp3) is 0.250. The molecule has 0 unspecified atom stereocenters. The van der Waals surface area contributed by atoms with Gasteiger partial charge in [0.25, 0.3) is 0 Å². The van der Waals surface area contributed by atoms with Crippen LogP contribution in [0.2, 0.25) is 0 Å². The summed E-state index contributed by atoms with van der Waals surface area (Å²) >= 11 is 0. The van der Waals surface area contributed by atoms with Crippen molar-refractivity contribution in [2.75, 3.05) is 14.1 Å². The molecule has 0 fully saturated rings. The van der Waals surface area contributed by atoms with Gasteiger partial charge in [-0.3, -0.25) is 4.84 Å². The topological polar surface area (TPSA) is 89.0 Å². The van der Waals surface area contributed by atoms with Crippen LogP contribution in [-0.4, -0.2) is 32.0 Å². The Hall–Kier alpha value is -2.57. The van der Waals surface area contributed by atoms with Crippen molar-refractivity contribution >= 4 is 17.9 Å². The maximum Gasteiger partial charge on any atom is 0.433 e. The van der Waals surface area contributed by atoms with Gasteiger partial charge in [0, 0.05) is 19.7 Å². The van der Waals surface area contributed by atoms with Gasteiger partial charge in [-0.05, 0) is 19.1 Å². The third-order valence-electron chi connectivity index (χ3n) is 2.14. The maximum atomic E-state index is 11.1. The molecule has 19 heavy (non-hydrogen) atoms. The van der Waals surface area contributed by atoms with Crippen LogP contribution in [0.4, 0.5) is 9.59 Å². The number of hydrogen-bond donors (Lipinski definition) is 2. The monoisotopic (exact) mass is 265 g/mol. The first-order chi connectivity index (χ1) is 9.06. The number of amides is 2. The smallest absolute Gasteiger partial charge is 0.410 e. The fourth-order valence-corrected chi connectivity index (χ4v) is 1.15. The van der Waals surface area contributed by atoms with Crippen molar-refractivity contribution in [3.8, 4) is 5.75 Å². The van der Waals surface area contributed by atoms with Crippen LogP contribution in [0.5, 0.6) is 5.75 Å². The molecule has 0 aliphatic carbocycles. The summed E-state index contributed by atoms with van der Waals surface area (Å²) in [6, 6.07) is 6.70. The van der Waals surface area contributed by atoms with Crippen molar-refractivity contribution in [2.45, 2.75) is 6.92 Å². The fourth-order valence-electron chi connectivity index (χ4n) is 1.15. The molecular formula is C12H15N3O4. The highest BCUT2D eigenvalue weighted by molar-refractivity contribution is 5.99. The Morgan fingerprint density at radius 2 is 1.84 bits per heavy atom. The number of hydrogen-bond acceptors (Lipinski definition) is 5. The largest absolute Gasteiger partial charge is 0.433 e. The third-order valence-corrected chi connectivity index (χ3v) is 2.14. The van der Waals surface area contributed by atoms with Crippen LogP contribution in [0.3, 0.4) is 0 Å². The minimum absolute atomic E-state index is 0.367. The second-order valence-electron chi connectivity index (χ2n) is 3.47. The van der Waals surface area contributed by atoms with Crippen molar-refractivity contribution in [3.05, 3.63) is 29.8 Å². The normalized spacial score (nSPS) is 10.6. The minimum Gasteiger partial charge on any atom is -0.410 e. The quantitative estimate of drug-likeness (QED) is 0.492. The van der Waals surface area contributed by atoms with Gasteiger partial charge in [0.15, 0.2) is 0 Å². The van der Waals surface area contributed by atoms with E-state index in [2.05, 4.69) is 20.6 Å². The van der Waals surface area contributed by atoms with E-state index in [1.54, 1.807) is 31.2 Å². The van der Waals surface area contributed by atoms with Crippen molar-refractivity contribution in [3.63, 3.8) is 0 Å². The van der Waals surface area contributed by atoms with Crippen molar-refractivity contribution in [1.29, 1.82) is 0 Å². The van der Waals surface area contributed by atoms with E-state index in [0.717, 1.165) is 0 Å². The SMILES string of the molecule is CNC(=O)O/N=C(\C)c1cccc(OC(=O)NC)c1. The number of oxime groups is 1. The summed E-state index contributed by atoms with van der Waals surface area (Å²) in [6.45, 7) is 1.67. The Morgan fingerprint density at radius 3 is 2.47 bits per heavy atom. The highest BCUT2D eigenvalue weighted by atomic mass is 16.7. The summed E-state index contributed by atoms with van der Waals surface area (Å²) in [5.74, 6) is 0.367. The number of nitrogens with zero attached hydrogens (tertiary/aromatic N) is 1. The lowest BCUT2D eigenvalue weighted by Gasteiger charge is -2.05.